The van der Waals surface area contributed by atoms with Crippen molar-refractivity contribution in [3.63, 3.8) is 0 Å². The Bertz CT molecular complexity index is 1020. The predicted molar refractivity (Wildman–Crippen MR) is 118 cm³/mol. The number of carbonyl (C=O) groups is 1. The molecule has 30 heavy (non-hydrogen) atoms. The lowest BCUT2D eigenvalue weighted by molar-refractivity contribution is 0.0730. The first-order valence-electron chi connectivity index (χ1n) is 10.7. The van der Waals surface area contributed by atoms with E-state index in [9.17, 15) is 9.18 Å². The number of amides is 1. The number of likely N-dealkylation sites (tertiary alicyclic amines) is 1. The summed E-state index contributed by atoms with van der Waals surface area (Å²) < 4.78 is 13.9. The second kappa shape index (κ2) is 9.35. The number of aromatic nitrogens is 1. The van der Waals surface area contributed by atoms with Gasteiger partial charge in [0.05, 0.1) is 11.1 Å². The highest BCUT2D eigenvalue weighted by Crippen LogP contribution is 2.20. The Balaban J connectivity index is 1.33. The predicted octanol–water partition coefficient (Wildman–Crippen LogP) is 4.40. The van der Waals surface area contributed by atoms with Crippen LogP contribution in [0.1, 0.15) is 28.8 Å². The largest absolute Gasteiger partial charge is 0.341 e. The molecular weight excluding hydrogens is 377 g/mol. The topological polar surface area (TPSA) is 36.4 Å². The van der Waals surface area contributed by atoms with Crippen LogP contribution in [0, 0.1) is 11.7 Å². The fourth-order valence-corrected chi connectivity index (χ4v) is 4.36. The molecule has 0 bridgehead atoms. The quantitative estimate of drug-likeness (QED) is 0.610. The van der Waals surface area contributed by atoms with E-state index >= 15 is 0 Å². The maximum atomic E-state index is 13.9. The highest BCUT2D eigenvalue weighted by atomic mass is 19.1. The molecule has 0 spiro atoms. The molecule has 2 heterocycles. The minimum atomic E-state index is -0.125. The van der Waals surface area contributed by atoms with E-state index < -0.39 is 0 Å². The van der Waals surface area contributed by atoms with Crippen LogP contribution < -0.4 is 0 Å². The summed E-state index contributed by atoms with van der Waals surface area (Å²) in [5.41, 5.74) is 2.30. The zero-order valence-corrected chi connectivity index (χ0v) is 17.4. The number of halogens is 1. The second-order valence-electron chi connectivity index (χ2n) is 8.25. The molecule has 0 aliphatic carbocycles. The lowest BCUT2D eigenvalue weighted by Crippen LogP contribution is -2.42. The summed E-state index contributed by atoms with van der Waals surface area (Å²) in [6.07, 6.45) is 4.62. The zero-order chi connectivity index (χ0) is 20.9. The van der Waals surface area contributed by atoms with Crippen molar-refractivity contribution in [3.05, 3.63) is 77.7 Å². The molecule has 1 aromatic heterocycles. The second-order valence-corrected chi connectivity index (χ2v) is 8.25. The van der Waals surface area contributed by atoms with Gasteiger partial charge in [-0.05, 0) is 55.5 Å². The van der Waals surface area contributed by atoms with Crippen LogP contribution in [0.4, 0.5) is 4.39 Å². The number of rotatable bonds is 6. The average Bonchev–Trinajstić information content (AvgIpc) is 2.78. The molecular formula is C25H28FN3O. The smallest absolute Gasteiger partial charge is 0.255 e. The fourth-order valence-electron chi connectivity index (χ4n) is 4.36. The van der Waals surface area contributed by atoms with Gasteiger partial charge in [-0.2, -0.15) is 0 Å². The number of hydrogen-bond donors (Lipinski definition) is 0. The van der Waals surface area contributed by atoms with Gasteiger partial charge in [-0.15, -0.1) is 0 Å². The third-order valence-electron chi connectivity index (χ3n) is 5.97. The molecule has 0 saturated carbocycles. The number of carbonyl (C=O) groups excluding carboxylic acids is 1. The van der Waals surface area contributed by atoms with Crippen molar-refractivity contribution >= 4 is 16.8 Å². The monoisotopic (exact) mass is 405 g/mol. The van der Waals surface area contributed by atoms with E-state index in [2.05, 4.69) is 9.88 Å². The van der Waals surface area contributed by atoms with Gasteiger partial charge < -0.3 is 9.80 Å². The van der Waals surface area contributed by atoms with Crippen LogP contribution in [0.15, 0.2) is 60.8 Å². The molecule has 1 atom stereocenters. The Labute approximate surface area is 177 Å². The molecule has 1 fully saturated rings. The zero-order valence-electron chi connectivity index (χ0n) is 17.4. The summed E-state index contributed by atoms with van der Waals surface area (Å²) >= 11 is 0. The van der Waals surface area contributed by atoms with Crippen LogP contribution >= 0.6 is 0 Å². The summed E-state index contributed by atoms with van der Waals surface area (Å²) in [7, 11) is 1.87. The van der Waals surface area contributed by atoms with Crippen molar-refractivity contribution in [1.29, 1.82) is 0 Å². The van der Waals surface area contributed by atoms with Crippen LogP contribution in [0.3, 0.4) is 0 Å². The van der Waals surface area contributed by atoms with E-state index in [-0.39, 0.29) is 11.7 Å². The first-order chi connectivity index (χ1) is 14.6. The molecule has 1 saturated heterocycles. The maximum Gasteiger partial charge on any atom is 0.255 e. The Morgan fingerprint density at radius 3 is 2.87 bits per heavy atom. The van der Waals surface area contributed by atoms with Crippen molar-refractivity contribution in [3.8, 4) is 0 Å². The highest BCUT2D eigenvalue weighted by Gasteiger charge is 2.23. The summed E-state index contributed by atoms with van der Waals surface area (Å²) in [5.74, 6) is 0.318. The molecule has 1 aliphatic rings. The molecule has 5 heteroatoms. The summed E-state index contributed by atoms with van der Waals surface area (Å²) in [6.45, 7) is 3.56. The van der Waals surface area contributed by atoms with Crippen LogP contribution in [0.5, 0.6) is 0 Å². The molecule has 1 aliphatic heterocycles. The van der Waals surface area contributed by atoms with Crippen molar-refractivity contribution < 1.29 is 9.18 Å². The van der Waals surface area contributed by atoms with Crippen LogP contribution in [-0.4, -0.2) is 53.9 Å². The maximum absolute atomic E-state index is 13.9. The number of para-hydroxylation sites is 1. The van der Waals surface area contributed by atoms with E-state index in [0.29, 0.717) is 11.5 Å². The molecule has 1 amide bonds. The molecule has 4 nitrogen and oxygen atoms in total. The Kier molecular flexibility index (Phi) is 6.38. The minimum Gasteiger partial charge on any atom is -0.341 e. The number of piperidine rings is 1. The van der Waals surface area contributed by atoms with E-state index in [4.69, 9.17) is 0 Å². The number of hydrogen-bond acceptors (Lipinski definition) is 3. The van der Waals surface area contributed by atoms with Crippen LogP contribution in [0.2, 0.25) is 0 Å². The van der Waals surface area contributed by atoms with Crippen molar-refractivity contribution in [2.45, 2.75) is 19.3 Å². The number of benzene rings is 2. The van der Waals surface area contributed by atoms with Gasteiger partial charge >= 0.3 is 0 Å². The molecule has 1 unspecified atom stereocenters. The van der Waals surface area contributed by atoms with E-state index in [1.165, 1.54) is 6.07 Å². The first kappa shape index (κ1) is 20.5. The van der Waals surface area contributed by atoms with E-state index in [0.717, 1.165) is 61.9 Å². The number of pyridine rings is 1. The molecule has 4 rings (SSSR count). The summed E-state index contributed by atoms with van der Waals surface area (Å²) in [6, 6.07) is 16.8. The standard InChI is InChI=1S/C25H28FN3O/c1-28(25(30)22-15-21-9-3-5-11-24(21)27-16-22)17-19-7-6-13-29(18-19)14-12-20-8-2-4-10-23(20)26/h2-5,8-11,15-16,19H,6-7,12-14,17-18H2,1H3. The SMILES string of the molecule is CN(CC1CCCN(CCc2ccccc2F)C1)C(=O)c1cnc2ccccc2c1. The molecule has 0 N–H and O–H groups in total. The van der Waals surface area contributed by atoms with Crippen LogP contribution in [0.25, 0.3) is 10.9 Å². The van der Waals surface area contributed by atoms with Gasteiger partial charge in [0.15, 0.2) is 0 Å². The van der Waals surface area contributed by atoms with Crippen molar-refractivity contribution in [1.82, 2.24) is 14.8 Å². The fraction of sp³-hybridized carbons (Fsp3) is 0.360. The number of fused-ring (bicyclic) bond motifs is 1. The average molecular weight is 406 g/mol. The van der Waals surface area contributed by atoms with Gasteiger partial charge in [0.2, 0.25) is 0 Å². The first-order valence-corrected chi connectivity index (χ1v) is 10.7. The van der Waals surface area contributed by atoms with E-state index in [1.807, 2.05) is 54.4 Å². The van der Waals surface area contributed by atoms with Crippen LogP contribution in [-0.2, 0) is 6.42 Å². The Morgan fingerprint density at radius 1 is 1.20 bits per heavy atom. The van der Waals surface area contributed by atoms with Gasteiger partial charge in [-0.3, -0.25) is 9.78 Å². The Morgan fingerprint density at radius 2 is 2.00 bits per heavy atom. The third-order valence-corrected chi connectivity index (χ3v) is 5.97. The van der Waals surface area contributed by atoms with Gasteiger partial charge in [0.25, 0.3) is 5.91 Å². The van der Waals surface area contributed by atoms with Gasteiger partial charge in [0, 0.05) is 38.3 Å². The lowest BCUT2D eigenvalue weighted by atomic mass is 9.96. The van der Waals surface area contributed by atoms with Crippen molar-refractivity contribution in [2.24, 2.45) is 5.92 Å². The lowest BCUT2D eigenvalue weighted by Gasteiger charge is -2.34. The molecule has 3 aromatic rings. The summed E-state index contributed by atoms with van der Waals surface area (Å²) in [4.78, 5) is 21.6. The van der Waals surface area contributed by atoms with Gasteiger partial charge in [-0.25, -0.2) is 4.39 Å². The minimum absolute atomic E-state index is 0.0109. The number of nitrogens with zero attached hydrogens (tertiary/aromatic N) is 3. The van der Waals surface area contributed by atoms with Gasteiger partial charge in [-0.1, -0.05) is 36.4 Å². The third kappa shape index (κ3) is 4.85. The van der Waals surface area contributed by atoms with Crippen molar-refractivity contribution in [2.75, 3.05) is 33.2 Å². The highest BCUT2D eigenvalue weighted by molar-refractivity contribution is 5.97. The Hall–Kier alpha value is -2.79. The summed E-state index contributed by atoms with van der Waals surface area (Å²) in [5, 5.41) is 0.980. The molecule has 2 aromatic carbocycles. The van der Waals surface area contributed by atoms with Gasteiger partial charge in [0.1, 0.15) is 5.82 Å². The molecule has 0 radical (unpaired) electrons. The molecule has 156 valence electrons. The van der Waals surface area contributed by atoms with E-state index in [1.54, 1.807) is 12.3 Å². The normalized spacial score (nSPS) is 17.2.